The van der Waals surface area contributed by atoms with Gasteiger partial charge in [-0.1, -0.05) is 37.4 Å². The highest BCUT2D eigenvalue weighted by Crippen LogP contribution is 2.47. The van der Waals surface area contributed by atoms with Gasteiger partial charge in [0.2, 0.25) is 0 Å². The third-order valence-electron chi connectivity index (χ3n) is 10.9. The largest absolute Gasteiger partial charge is 0.490 e. The molecule has 2 heterocycles. The van der Waals surface area contributed by atoms with Crippen molar-refractivity contribution in [3.8, 4) is 5.75 Å². The second kappa shape index (κ2) is 13.8. The molecule has 6 atom stereocenters. The summed E-state index contributed by atoms with van der Waals surface area (Å²) in [6.07, 6.45) is 8.90. The van der Waals surface area contributed by atoms with E-state index in [9.17, 15) is 13.8 Å². The minimum atomic E-state index is -2.89. The van der Waals surface area contributed by atoms with Gasteiger partial charge < -0.3 is 19.1 Å². The van der Waals surface area contributed by atoms with Gasteiger partial charge >= 0.3 is 5.97 Å². The number of nitrogens with one attached hydrogen (secondary N) is 1. The van der Waals surface area contributed by atoms with E-state index in [0.29, 0.717) is 36.8 Å². The Morgan fingerprint density at radius 1 is 1.15 bits per heavy atom. The van der Waals surface area contributed by atoms with Crippen LogP contribution in [-0.2, 0) is 35.8 Å². The monoisotopic (exact) mass is 670 g/mol. The van der Waals surface area contributed by atoms with Crippen molar-refractivity contribution in [1.82, 2.24) is 4.72 Å². The molecule has 2 bridgehead atoms. The van der Waals surface area contributed by atoms with Crippen molar-refractivity contribution in [1.29, 1.82) is 0 Å². The zero-order chi connectivity index (χ0) is 32.5. The molecule has 10 heteroatoms. The number of carbonyl (C=O) groups excluding carboxylic acids is 2. The SMILES string of the molecule is C=S1(=O)NC(=O)c2ccc3c(c2)N(C[C@@H]2CC[C@H]2[C@@H](OCC(=O)OC)CCCC[C@H]1CC)C[C@@]1(CCCc2cc(Cl)ccc21)CO3. The molecule has 0 saturated heterocycles. The fourth-order valence-corrected chi connectivity index (χ4v) is 10.1. The van der Waals surface area contributed by atoms with Crippen LogP contribution in [-0.4, -0.2) is 66.7 Å². The molecule has 1 fully saturated rings. The van der Waals surface area contributed by atoms with Crippen LogP contribution in [0.3, 0.4) is 0 Å². The number of anilines is 1. The number of aryl methyl sites for hydroxylation is 1. The van der Waals surface area contributed by atoms with Crippen LogP contribution in [0.4, 0.5) is 5.69 Å². The Labute approximate surface area is 278 Å². The Balaban J connectivity index is 1.39. The number of rotatable bonds is 4. The fourth-order valence-electron chi connectivity index (χ4n) is 8.18. The van der Waals surface area contributed by atoms with Crippen LogP contribution < -0.4 is 14.4 Å². The highest BCUT2D eigenvalue weighted by Gasteiger charge is 2.45. The second-order valence-corrected chi connectivity index (χ2v) is 16.4. The minimum absolute atomic E-state index is 0.0626. The molecule has 6 rings (SSSR count). The maximum atomic E-state index is 13.8. The van der Waals surface area contributed by atoms with Crippen molar-refractivity contribution in [3.63, 3.8) is 0 Å². The molecule has 0 aromatic heterocycles. The van der Waals surface area contributed by atoms with Gasteiger partial charge in [-0.3, -0.25) is 9.52 Å². The van der Waals surface area contributed by atoms with Crippen molar-refractivity contribution in [2.75, 3.05) is 38.3 Å². The van der Waals surface area contributed by atoms with Crippen molar-refractivity contribution >= 4 is 44.7 Å². The van der Waals surface area contributed by atoms with Gasteiger partial charge in [-0.05, 0) is 111 Å². The third-order valence-corrected chi connectivity index (χ3v) is 13.3. The van der Waals surface area contributed by atoms with Crippen LogP contribution in [0.15, 0.2) is 36.4 Å². The van der Waals surface area contributed by atoms with Crippen LogP contribution in [0.25, 0.3) is 0 Å². The first-order valence-corrected chi connectivity index (χ1v) is 19.0. The predicted molar refractivity (Wildman–Crippen MR) is 183 cm³/mol. The van der Waals surface area contributed by atoms with Crippen molar-refractivity contribution in [2.24, 2.45) is 11.8 Å². The molecule has 46 heavy (non-hydrogen) atoms. The van der Waals surface area contributed by atoms with Crippen LogP contribution in [0.5, 0.6) is 5.75 Å². The first kappa shape index (κ1) is 33.2. The number of amides is 1. The Hall–Kier alpha value is -2.75. The molecule has 2 aliphatic heterocycles. The average molecular weight is 671 g/mol. The fraction of sp³-hybridized carbons (Fsp3) is 0.583. The first-order chi connectivity index (χ1) is 22.1. The number of fused-ring (bicyclic) bond motifs is 4. The van der Waals surface area contributed by atoms with Crippen LogP contribution in [0.1, 0.15) is 86.2 Å². The van der Waals surface area contributed by atoms with Gasteiger partial charge in [-0.2, -0.15) is 0 Å². The molecule has 1 spiro atoms. The van der Waals surface area contributed by atoms with Gasteiger partial charge in [0.25, 0.3) is 5.91 Å². The summed E-state index contributed by atoms with van der Waals surface area (Å²) in [5.41, 5.74) is 3.64. The Kier molecular flexibility index (Phi) is 9.93. The third kappa shape index (κ3) is 6.78. The molecule has 8 nitrogen and oxygen atoms in total. The molecule has 2 aliphatic carbocycles. The first-order valence-electron chi connectivity index (χ1n) is 16.8. The number of hydrogen-bond acceptors (Lipinski definition) is 7. The van der Waals surface area contributed by atoms with E-state index in [-0.39, 0.29) is 35.3 Å². The molecule has 2 aromatic rings. The number of hydrogen-bond donors (Lipinski definition) is 1. The number of methoxy groups -OCH3 is 1. The molecule has 250 valence electrons. The predicted octanol–water partition coefficient (Wildman–Crippen LogP) is 6.11. The van der Waals surface area contributed by atoms with Gasteiger partial charge in [0.05, 0.1) is 35.2 Å². The average Bonchev–Trinajstić information content (AvgIpc) is 3.17. The highest BCUT2D eigenvalue weighted by atomic mass is 35.5. The van der Waals surface area contributed by atoms with E-state index in [2.05, 4.69) is 27.6 Å². The van der Waals surface area contributed by atoms with E-state index < -0.39 is 9.71 Å². The van der Waals surface area contributed by atoms with Crippen molar-refractivity contribution < 1.29 is 28.0 Å². The van der Waals surface area contributed by atoms with Gasteiger partial charge in [0, 0.05) is 34.3 Å². The minimum Gasteiger partial charge on any atom is -0.490 e. The lowest BCUT2D eigenvalue weighted by atomic mass is 9.68. The van der Waals surface area contributed by atoms with Crippen LogP contribution in [0.2, 0.25) is 5.02 Å². The van der Waals surface area contributed by atoms with Crippen molar-refractivity contribution in [3.05, 3.63) is 58.1 Å². The molecule has 1 saturated carbocycles. The topological polar surface area (TPSA) is 94.2 Å². The lowest BCUT2D eigenvalue weighted by molar-refractivity contribution is -0.151. The quantitative estimate of drug-likeness (QED) is 0.310. The molecular weight excluding hydrogens is 624 g/mol. The number of carbonyl (C=O) groups is 2. The van der Waals surface area contributed by atoms with Gasteiger partial charge in [-0.15, -0.1) is 0 Å². The highest BCUT2D eigenvalue weighted by molar-refractivity contribution is 7.99. The molecule has 1 amide bonds. The van der Waals surface area contributed by atoms with E-state index in [1.54, 1.807) is 6.07 Å². The second-order valence-electron chi connectivity index (χ2n) is 13.7. The summed E-state index contributed by atoms with van der Waals surface area (Å²) >= 11 is 6.44. The molecule has 1 N–H and O–H groups in total. The number of nitrogens with zero attached hydrogens (tertiary/aromatic N) is 1. The standard InChI is InChI=1S/C36H47ClN2O6S/c1-4-28-9-5-6-10-32(44-21-34(40)43-2)29-14-11-26(29)20-39-22-36(17-7-8-24-18-27(37)13-15-30(24)36)23-45-33-16-12-25(19-31(33)39)35(41)38-46(28,3)42/h12-13,15-16,18-19,26,28-29,32H,3-11,14,17,20-23H2,1-2H3,(H,38,41,42)/t26-,28+,29+,32-,36-,46?/m0/s1. The maximum Gasteiger partial charge on any atom is 0.331 e. The molecule has 2 aromatic carbocycles. The number of benzene rings is 2. The Morgan fingerprint density at radius 2 is 1.98 bits per heavy atom. The Morgan fingerprint density at radius 3 is 2.74 bits per heavy atom. The van der Waals surface area contributed by atoms with Gasteiger partial charge in [0.15, 0.2) is 0 Å². The van der Waals surface area contributed by atoms with Gasteiger partial charge in [0.1, 0.15) is 12.4 Å². The summed E-state index contributed by atoms with van der Waals surface area (Å²) in [7, 11) is -1.51. The molecule has 0 radical (unpaired) electrons. The lowest BCUT2D eigenvalue weighted by Crippen LogP contribution is -2.50. The van der Waals surface area contributed by atoms with E-state index in [4.69, 9.17) is 25.8 Å². The van der Waals surface area contributed by atoms with Crippen LogP contribution >= 0.6 is 11.6 Å². The summed E-state index contributed by atoms with van der Waals surface area (Å²) in [4.78, 5) is 28.1. The van der Waals surface area contributed by atoms with Crippen LogP contribution in [0, 0.1) is 11.8 Å². The maximum absolute atomic E-state index is 13.8. The smallest absolute Gasteiger partial charge is 0.331 e. The number of halogens is 1. The summed E-state index contributed by atoms with van der Waals surface area (Å²) in [5, 5.41) is 0.507. The lowest BCUT2D eigenvalue weighted by Gasteiger charge is -2.46. The van der Waals surface area contributed by atoms with E-state index in [1.165, 1.54) is 18.2 Å². The van der Waals surface area contributed by atoms with Gasteiger partial charge in [-0.25, -0.2) is 9.00 Å². The summed E-state index contributed by atoms with van der Waals surface area (Å²) in [6.45, 7) is 3.97. The van der Waals surface area contributed by atoms with E-state index >= 15 is 0 Å². The van der Waals surface area contributed by atoms with E-state index in [0.717, 1.165) is 80.9 Å². The number of ether oxygens (including phenoxy) is 3. The van der Waals surface area contributed by atoms with E-state index in [1.807, 2.05) is 25.1 Å². The summed E-state index contributed by atoms with van der Waals surface area (Å²) in [5.74, 6) is 4.66. The normalized spacial score (nSPS) is 31.4. The Bertz CT molecular complexity index is 1560. The molecular formula is C36H47ClN2O6S. The van der Waals surface area contributed by atoms with Crippen molar-refractivity contribution in [2.45, 2.75) is 87.9 Å². The summed E-state index contributed by atoms with van der Waals surface area (Å²) in [6, 6.07) is 11.8. The molecule has 4 aliphatic rings. The summed E-state index contributed by atoms with van der Waals surface area (Å²) < 4.78 is 34.4. The molecule has 1 unspecified atom stereocenters. The number of esters is 1. The zero-order valence-corrected chi connectivity index (χ0v) is 28.6. The zero-order valence-electron chi connectivity index (χ0n) is 27.1.